The fourth-order valence-corrected chi connectivity index (χ4v) is 2.88. The Morgan fingerprint density at radius 2 is 1.88 bits per heavy atom. The second-order valence-electron chi connectivity index (χ2n) is 6.64. The van der Waals surface area contributed by atoms with E-state index in [4.69, 9.17) is 9.47 Å². The predicted octanol–water partition coefficient (Wildman–Crippen LogP) is 3.13. The van der Waals surface area contributed by atoms with E-state index in [1.807, 2.05) is 0 Å². The van der Waals surface area contributed by atoms with Crippen LogP contribution in [0.4, 0.5) is 13.2 Å². The average Bonchev–Trinajstić information content (AvgIpc) is 2.78. The van der Waals surface area contributed by atoms with Crippen molar-refractivity contribution in [2.75, 3.05) is 20.3 Å². The van der Waals surface area contributed by atoms with Crippen LogP contribution in [0.5, 0.6) is 11.5 Å². The van der Waals surface area contributed by atoms with E-state index in [0.717, 1.165) is 16.8 Å². The molecule has 0 aliphatic carbocycles. The van der Waals surface area contributed by atoms with Crippen molar-refractivity contribution >= 4 is 5.91 Å². The molecule has 0 atom stereocenters. The third-order valence-corrected chi connectivity index (χ3v) is 4.40. The molecule has 0 bridgehead atoms. The molecule has 0 saturated heterocycles. The highest BCUT2D eigenvalue weighted by atomic mass is 19.4. The van der Waals surface area contributed by atoms with Gasteiger partial charge in [-0.25, -0.2) is 4.68 Å². The van der Waals surface area contributed by atoms with E-state index in [1.165, 1.54) is 31.4 Å². The number of nitrogens with zero attached hydrogens (tertiary/aromatic N) is 2. The number of halogens is 3. The highest BCUT2D eigenvalue weighted by Crippen LogP contribution is 2.31. The maximum absolute atomic E-state index is 12.7. The van der Waals surface area contributed by atoms with E-state index in [0.29, 0.717) is 17.0 Å². The first kappa shape index (κ1) is 22.9. The largest absolute Gasteiger partial charge is 0.496 e. The maximum atomic E-state index is 12.7. The second-order valence-corrected chi connectivity index (χ2v) is 6.64. The minimum absolute atomic E-state index is 0.0377. The number of alkyl halides is 3. The number of hydrogen-bond donors (Lipinski definition) is 1. The summed E-state index contributed by atoms with van der Waals surface area (Å²) in [5.74, 6) is 0.113. The zero-order valence-corrected chi connectivity index (χ0v) is 17.1. The SMILES string of the molecule is COc1ccccc1-c1ccc(=O)n(CC(=O)NCCOc2cccc(C(F)(F)F)c2)n1. The van der Waals surface area contributed by atoms with E-state index in [2.05, 4.69) is 10.4 Å². The minimum Gasteiger partial charge on any atom is -0.496 e. The van der Waals surface area contributed by atoms with Crippen LogP contribution in [0.25, 0.3) is 11.3 Å². The van der Waals surface area contributed by atoms with Crippen LogP contribution in [0.2, 0.25) is 0 Å². The van der Waals surface area contributed by atoms with Crippen LogP contribution in [-0.2, 0) is 17.5 Å². The zero-order valence-electron chi connectivity index (χ0n) is 17.1. The van der Waals surface area contributed by atoms with Crippen molar-refractivity contribution in [1.82, 2.24) is 15.1 Å². The molecule has 0 saturated carbocycles. The lowest BCUT2D eigenvalue weighted by atomic mass is 10.1. The number of methoxy groups -OCH3 is 1. The zero-order chi connectivity index (χ0) is 23.1. The van der Waals surface area contributed by atoms with Crippen molar-refractivity contribution in [3.63, 3.8) is 0 Å². The third kappa shape index (κ3) is 5.87. The molecular weight excluding hydrogens is 427 g/mol. The van der Waals surface area contributed by atoms with Crippen LogP contribution in [0.3, 0.4) is 0 Å². The molecule has 1 N–H and O–H groups in total. The highest BCUT2D eigenvalue weighted by Gasteiger charge is 2.30. The molecular formula is C22H20F3N3O4. The van der Waals surface area contributed by atoms with E-state index in [-0.39, 0.29) is 25.4 Å². The van der Waals surface area contributed by atoms with Crippen LogP contribution in [0.15, 0.2) is 65.5 Å². The Kier molecular flexibility index (Phi) is 7.14. The molecule has 0 spiro atoms. The Bertz CT molecular complexity index is 1150. The molecule has 1 heterocycles. The molecule has 3 aromatic rings. The van der Waals surface area contributed by atoms with Gasteiger partial charge in [-0.3, -0.25) is 9.59 Å². The Hall–Kier alpha value is -3.82. The number of carbonyl (C=O) groups is 1. The van der Waals surface area contributed by atoms with Gasteiger partial charge in [-0.15, -0.1) is 0 Å². The fraction of sp³-hybridized carbons (Fsp3) is 0.227. The topological polar surface area (TPSA) is 82.5 Å². The summed E-state index contributed by atoms with van der Waals surface area (Å²) in [5.41, 5.74) is -0.153. The molecule has 1 amide bonds. The molecule has 0 fully saturated rings. The first-order chi connectivity index (χ1) is 15.3. The maximum Gasteiger partial charge on any atom is 0.416 e. The van der Waals surface area contributed by atoms with Gasteiger partial charge in [-0.05, 0) is 36.4 Å². The summed E-state index contributed by atoms with van der Waals surface area (Å²) in [4.78, 5) is 24.3. The Morgan fingerprint density at radius 3 is 2.62 bits per heavy atom. The first-order valence-corrected chi connectivity index (χ1v) is 9.56. The quantitative estimate of drug-likeness (QED) is 0.537. The first-order valence-electron chi connectivity index (χ1n) is 9.56. The van der Waals surface area contributed by atoms with Gasteiger partial charge in [0.05, 0.1) is 24.9 Å². The Balaban J connectivity index is 1.57. The van der Waals surface area contributed by atoms with Gasteiger partial charge in [0, 0.05) is 11.6 Å². The number of para-hydroxylation sites is 1. The van der Waals surface area contributed by atoms with Gasteiger partial charge in [-0.2, -0.15) is 18.3 Å². The number of carbonyl (C=O) groups excluding carboxylic acids is 1. The van der Waals surface area contributed by atoms with Gasteiger partial charge in [0.25, 0.3) is 5.56 Å². The molecule has 7 nitrogen and oxygen atoms in total. The molecule has 0 aliphatic rings. The number of amides is 1. The molecule has 10 heteroatoms. The summed E-state index contributed by atoms with van der Waals surface area (Å²) < 4.78 is 49.8. The van der Waals surface area contributed by atoms with Crippen molar-refractivity contribution < 1.29 is 27.4 Å². The van der Waals surface area contributed by atoms with E-state index >= 15 is 0 Å². The van der Waals surface area contributed by atoms with Crippen molar-refractivity contribution in [2.24, 2.45) is 0 Å². The number of nitrogens with one attached hydrogen (secondary N) is 1. The number of rotatable bonds is 8. The molecule has 1 aromatic heterocycles. The summed E-state index contributed by atoms with van der Waals surface area (Å²) in [6, 6.07) is 14.4. The van der Waals surface area contributed by atoms with Crippen LogP contribution in [0, 0.1) is 0 Å². The van der Waals surface area contributed by atoms with Gasteiger partial charge in [0.15, 0.2) is 0 Å². The Morgan fingerprint density at radius 1 is 1.09 bits per heavy atom. The summed E-state index contributed by atoms with van der Waals surface area (Å²) in [6.07, 6.45) is -4.47. The summed E-state index contributed by atoms with van der Waals surface area (Å²) in [5, 5.41) is 6.77. The van der Waals surface area contributed by atoms with Crippen molar-refractivity contribution in [2.45, 2.75) is 12.7 Å². The normalized spacial score (nSPS) is 11.1. The summed E-state index contributed by atoms with van der Waals surface area (Å²) >= 11 is 0. The summed E-state index contributed by atoms with van der Waals surface area (Å²) in [6.45, 7) is -0.335. The molecule has 32 heavy (non-hydrogen) atoms. The van der Waals surface area contributed by atoms with E-state index in [1.54, 1.807) is 24.3 Å². The van der Waals surface area contributed by atoms with Crippen molar-refractivity contribution in [3.8, 4) is 22.8 Å². The lowest BCUT2D eigenvalue weighted by Crippen LogP contribution is -2.35. The molecule has 168 valence electrons. The van der Waals surface area contributed by atoms with Crippen LogP contribution >= 0.6 is 0 Å². The van der Waals surface area contributed by atoms with E-state index in [9.17, 15) is 22.8 Å². The molecule has 3 rings (SSSR count). The predicted molar refractivity (Wildman–Crippen MR) is 110 cm³/mol. The number of aromatic nitrogens is 2. The minimum atomic E-state index is -4.47. The lowest BCUT2D eigenvalue weighted by molar-refractivity contribution is -0.137. The lowest BCUT2D eigenvalue weighted by Gasteiger charge is -2.12. The van der Waals surface area contributed by atoms with Crippen molar-refractivity contribution in [3.05, 3.63) is 76.6 Å². The standard InChI is InChI=1S/C22H20F3N3O4/c1-31-19-8-3-2-7-17(19)18-9-10-21(30)28(27-18)14-20(29)26-11-12-32-16-6-4-5-15(13-16)22(23,24)25/h2-10,13H,11-12,14H2,1H3,(H,26,29). The van der Waals surface area contributed by atoms with Crippen LogP contribution < -0.4 is 20.3 Å². The van der Waals surface area contributed by atoms with Gasteiger partial charge in [0.1, 0.15) is 24.7 Å². The summed E-state index contributed by atoms with van der Waals surface area (Å²) in [7, 11) is 1.52. The van der Waals surface area contributed by atoms with Gasteiger partial charge in [-0.1, -0.05) is 18.2 Å². The molecule has 0 unspecified atom stereocenters. The monoisotopic (exact) mass is 447 g/mol. The second kappa shape index (κ2) is 9.99. The van der Waals surface area contributed by atoms with Crippen molar-refractivity contribution in [1.29, 1.82) is 0 Å². The van der Waals surface area contributed by atoms with Gasteiger partial charge in [0.2, 0.25) is 5.91 Å². The van der Waals surface area contributed by atoms with Gasteiger partial charge >= 0.3 is 6.18 Å². The number of benzene rings is 2. The smallest absolute Gasteiger partial charge is 0.416 e. The van der Waals surface area contributed by atoms with E-state index < -0.39 is 23.2 Å². The fourth-order valence-electron chi connectivity index (χ4n) is 2.88. The Labute approximate surface area is 181 Å². The third-order valence-electron chi connectivity index (χ3n) is 4.40. The number of ether oxygens (including phenoxy) is 2. The molecule has 0 radical (unpaired) electrons. The van der Waals surface area contributed by atoms with Gasteiger partial charge < -0.3 is 14.8 Å². The molecule has 0 aliphatic heterocycles. The van der Waals surface area contributed by atoms with Crippen LogP contribution in [0.1, 0.15) is 5.56 Å². The highest BCUT2D eigenvalue weighted by molar-refractivity contribution is 5.75. The number of hydrogen-bond acceptors (Lipinski definition) is 5. The molecule has 2 aromatic carbocycles. The van der Waals surface area contributed by atoms with Crippen LogP contribution in [-0.4, -0.2) is 35.9 Å². The average molecular weight is 447 g/mol.